The average molecular weight is 352 g/mol. The highest BCUT2D eigenvalue weighted by molar-refractivity contribution is 5.82. The summed E-state index contributed by atoms with van der Waals surface area (Å²) in [7, 11) is 3.94. The minimum atomic E-state index is -0.171. The Balaban J connectivity index is 1.72. The molecule has 0 N–H and O–H groups in total. The van der Waals surface area contributed by atoms with E-state index in [1.807, 2.05) is 48.3 Å². The molecular formula is C21H28N4O. The van der Waals surface area contributed by atoms with E-state index in [0.29, 0.717) is 25.4 Å². The standard InChI is InChI=1S/C21H28N4O/c1-15(2)10-20-22-12-17-13-25(14-18(17)23-20)21(26)19(24(3)4)11-16-8-6-5-7-9-16/h5-9,12,15,19H,10-11,13-14H2,1-4H3/t19-/m0/s1. The molecule has 1 aromatic carbocycles. The quantitative estimate of drug-likeness (QED) is 0.802. The lowest BCUT2D eigenvalue weighted by Crippen LogP contribution is -2.45. The third-order valence-electron chi connectivity index (χ3n) is 4.79. The van der Waals surface area contributed by atoms with E-state index in [4.69, 9.17) is 4.98 Å². The predicted octanol–water partition coefficient (Wildman–Crippen LogP) is 2.69. The van der Waals surface area contributed by atoms with Crippen molar-refractivity contribution in [1.29, 1.82) is 0 Å². The Morgan fingerprint density at radius 3 is 2.54 bits per heavy atom. The van der Waals surface area contributed by atoms with Crippen LogP contribution in [-0.2, 0) is 30.7 Å². The number of rotatable bonds is 6. The van der Waals surface area contributed by atoms with Crippen LogP contribution in [0.4, 0.5) is 0 Å². The van der Waals surface area contributed by atoms with Crippen molar-refractivity contribution in [2.24, 2.45) is 5.92 Å². The molecule has 2 heterocycles. The third-order valence-corrected chi connectivity index (χ3v) is 4.79. The van der Waals surface area contributed by atoms with Crippen LogP contribution in [0.5, 0.6) is 0 Å². The number of aromatic nitrogens is 2. The zero-order chi connectivity index (χ0) is 18.7. The average Bonchev–Trinajstić information content (AvgIpc) is 3.02. The molecule has 1 amide bonds. The molecule has 0 aliphatic carbocycles. The molecule has 1 atom stereocenters. The van der Waals surface area contributed by atoms with Crippen molar-refractivity contribution in [2.45, 2.75) is 45.8 Å². The Morgan fingerprint density at radius 1 is 1.15 bits per heavy atom. The summed E-state index contributed by atoms with van der Waals surface area (Å²) in [6.45, 7) is 5.52. The maximum absolute atomic E-state index is 13.2. The number of nitrogens with zero attached hydrogens (tertiary/aromatic N) is 4. The first-order valence-electron chi connectivity index (χ1n) is 9.27. The summed E-state index contributed by atoms with van der Waals surface area (Å²) in [5.74, 6) is 1.56. The van der Waals surface area contributed by atoms with Gasteiger partial charge in [0.05, 0.1) is 18.3 Å². The maximum Gasteiger partial charge on any atom is 0.240 e. The molecule has 3 rings (SSSR count). The minimum Gasteiger partial charge on any atom is -0.331 e. The molecule has 138 valence electrons. The van der Waals surface area contributed by atoms with Crippen molar-refractivity contribution in [1.82, 2.24) is 19.8 Å². The molecule has 0 saturated heterocycles. The molecule has 0 bridgehead atoms. The van der Waals surface area contributed by atoms with Crippen LogP contribution in [0.25, 0.3) is 0 Å². The van der Waals surface area contributed by atoms with E-state index < -0.39 is 0 Å². The summed E-state index contributed by atoms with van der Waals surface area (Å²) < 4.78 is 0. The second-order valence-electron chi connectivity index (χ2n) is 7.72. The number of hydrogen-bond acceptors (Lipinski definition) is 4. The van der Waals surface area contributed by atoms with Gasteiger partial charge in [-0.25, -0.2) is 9.97 Å². The maximum atomic E-state index is 13.2. The zero-order valence-corrected chi connectivity index (χ0v) is 16.1. The summed E-state index contributed by atoms with van der Waals surface area (Å²) in [5, 5.41) is 0. The number of carbonyl (C=O) groups excluding carboxylic acids is 1. The fraction of sp³-hybridized carbons (Fsp3) is 0.476. The second-order valence-corrected chi connectivity index (χ2v) is 7.72. The van der Waals surface area contributed by atoms with Gasteiger partial charge in [-0.2, -0.15) is 0 Å². The Hall–Kier alpha value is -2.27. The van der Waals surface area contributed by atoms with Crippen molar-refractivity contribution >= 4 is 5.91 Å². The molecule has 0 saturated carbocycles. The number of benzene rings is 1. The summed E-state index contributed by atoms with van der Waals surface area (Å²) in [4.78, 5) is 26.2. The van der Waals surface area contributed by atoms with Gasteiger partial charge in [-0.15, -0.1) is 0 Å². The summed E-state index contributed by atoms with van der Waals surface area (Å²) >= 11 is 0. The van der Waals surface area contributed by atoms with Gasteiger partial charge in [-0.1, -0.05) is 44.2 Å². The van der Waals surface area contributed by atoms with Gasteiger partial charge in [-0.3, -0.25) is 9.69 Å². The molecule has 1 aromatic heterocycles. The monoisotopic (exact) mass is 352 g/mol. The molecule has 5 heteroatoms. The fourth-order valence-corrected chi connectivity index (χ4v) is 3.35. The van der Waals surface area contributed by atoms with E-state index >= 15 is 0 Å². The van der Waals surface area contributed by atoms with Crippen molar-refractivity contribution in [2.75, 3.05) is 14.1 Å². The molecular weight excluding hydrogens is 324 g/mol. The topological polar surface area (TPSA) is 49.3 Å². The lowest BCUT2D eigenvalue weighted by atomic mass is 10.0. The summed E-state index contributed by atoms with van der Waals surface area (Å²) in [6.07, 6.45) is 3.48. The van der Waals surface area contributed by atoms with Gasteiger partial charge in [0, 0.05) is 24.7 Å². The van der Waals surface area contributed by atoms with Crippen molar-refractivity contribution < 1.29 is 4.79 Å². The lowest BCUT2D eigenvalue weighted by Gasteiger charge is -2.28. The first-order chi connectivity index (χ1) is 12.4. The Labute approximate surface area is 156 Å². The first kappa shape index (κ1) is 18.5. The molecule has 0 unspecified atom stereocenters. The molecule has 1 aliphatic rings. The molecule has 0 spiro atoms. The third kappa shape index (κ3) is 4.28. The summed E-state index contributed by atoms with van der Waals surface area (Å²) in [6, 6.07) is 10.0. The van der Waals surface area contributed by atoms with E-state index in [0.717, 1.165) is 23.5 Å². The molecule has 26 heavy (non-hydrogen) atoms. The van der Waals surface area contributed by atoms with E-state index in [1.54, 1.807) is 0 Å². The zero-order valence-electron chi connectivity index (χ0n) is 16.1. The number of carbonyl (C=O) groups is 1. The van der Waals surface area contributed by atoms with Crippen LogP contribution in [0, 0.1) is 5.92 Å². The lowest BCUT2D eigenvalue weighted by molar-refractivity contribution is -0.136. The Bertz CT molecular complexity index is 758. The van der Waals surface area contributed by atoms with Crippen LogP contribution in [0.3, 0.4) is 0 Å². The van der Waals surface area contributed by atoms with Crippen LogP contribution in [-0.4, -0.2) is 45.8 Å². The molecule has 1 aliphatic heterocycles. The highest BCUT2D eigenvalue weighted by atomic mass is 16.2. The SMILES string of the molecule is CC(C)Cc1ncc2c(n1)CN(C(=O)[C@H](Cc1ccccc1)N(C)C)C2. The predicted molar refractivity (Wildman–Crippen MR) is 102 cm³/mol. The van der Waals surface area contributed by atoms with Gasteiger partial charge in [0.25, 0.3) is 0 Å². The van der Waals surface area contributed by atoms with Crippen LogP contribution in [0.15, 0.2) is 36.5 Å². The van der Waals surface area contributed by atoms with Gasteiger partial charge in [0.15, 0.2) is 0 Å². The highest BCUT2D eigenvalue weighted by Gasteiger charge is 2.31. The number of fused-ring (bicyclic) bond motifs is 1. The minimum absolute atomic E-state index is 0.155. The first-order valence-corrected chi connectivity index (χ1v) is 9.27. The van der Waals surface area contributed by atoms with Crippen molar-refractivity contribution in [3.05, 3.63) is 59.2 Å². The van der Waals surface area contributed by atoms with Gasteiger partial charge < -0.3 is 4.90 Å². The van der Waals surface area contributed by atoms with E-state index in [-0.39, 0.29) is 11.9 Å². The van der Waals surface area contributed by atoms with Gasteiger partial charge >= 0.3 is 0 Å². The fourth-order valence-electron chi connectivity index (χ4n) is 3.35. The number of amides is 1. The second kappa shape index (κ2) is 7.96. The van der Waals surface area contributed by atoms with E-state index in [2.05, 4.69) is 31.0 Å². The van der Waals surface area contributed by atoms with Gasteiger partial charge in [0.1, 0.15) is 5.82 Å². The number of hydrogen-bond donors (Lipinski definition) is 0. The molecule has 2 aromatic rings. The van der Waals surface area contributed by atoms with E-state index in [1.165, 1.54) is 5.56 Å². The number of likely N-dealkylation sites (N-methyl/N-ethyl adjacent to an activating group) is 1. The summed E-state index contributed by atoms with van der Waals surface area (Å²) in [5.41, 5.74) is 3.25. The van der Waals surface area contributed by atoms with Crippen molar-refractivity contribution in [3.8, 4) is 0 Å². The Morgan fingerprint density at radius 2 is 1.88 bits per heavy atom. The van der Waals surface area contributed by atoms with E-state index in [9.17, 15) is 4.79 Å². The van der Waals surface area contributed by atoms with Crippen molar-refractivity contribution in [3.63, 3.8) is 0 Å². The van der Waals surface area contributed by atoms with Crippen LogP contribution in [0.2, 0.25) is 0 Å². The highest BCUT2D eigenvalue weighted by Crippen LogP contribution is 2.23. The Kier molecular flexibility index (Phi) is 5.67. The van der Waals surface area contributed by atoms with Gasteiger partial charge in [0.2, 0.25) is 5.91 Å². The van der Waals surface area contributed by atoms with Gasteiger partial charge in [-0.05, 0) is 32.0 Å². The van der Waals surface area contributed by atoms with Crippen LogP contribution >= 0.6 is 0 Å². The normalized spacial score (nSPS) is 14.8. The van der Waals surface area contributed by atoms with Crippen LogP contribution in [0.1, 0.15) is 36.5 Å². The van der Waals surface area contributed by atoms with Crippen LogP contribution < -0.4 is 0 Å². The largest absolute Gasteiger partial charge is 0.331 e. The molecule has 0 fully saturated rings. The molecule has 5 nitrogen and oxygen atoms in total. The smallest absolute Gasteiger partial charge is 0.240 e. The molecule has 0 radical (unpaired) electrons.